The van der Waals surface area contributed by atoms with Gasteiger partial charge in [-0.3, -0.25) is 0 Å². The van der Waals surface area contributed by atoms with Gasteiger partial charge in [-0.15, -0.1) is 0 Å². The van der Waals surface area contributed by atoms with E-state index in [-0.39, 0.29) is 10.1 Å². The zero-order chi connectivity index (χ0) is 18.0. The molecule has 0 aliphatic heterocycles. The number of methoxy groups -OCH3 is 1. The van der Waals surface area contributed by atoms with Gasteiger partial charge in [-0.1, -0.05) is 12.1 Å². The minimum absolute atomic E-state index is 0.215. The maximum absolute atomic E-state index is 12.2. The number of carboxylic acids is 1. The van der Waals surface area contributed by atoms with Crippen LogP contribution in [0.5, 0.6) is 11.5 Å². The molecule has 1 aliphatic carbocycles. The summed E-state index contributed by atoms with van der Waals surface area (Å²) in [5.41, 5.74) is 0.373. The zero-order valence-electron chi connectivity index (χ0n) is 13.6. The SMILES string of the molecule is COc1ccc(OC(C(=O)O)c2ccc(S(=O)(=O)C3CC3)cc2)cc1. The molecule has 0 heterocycles. The average Bonchev–Trinajstić information content (AvgIpc) is 3.46. The molecule has 1 aliphatic rings. The Morgan fingerprint density at radius 3 is 2.08 bits per heavy atom. The second-order valence-corrected chi connectivity index (χ2v) is 8.05. The number of rotatable bonds is 7. The molecule has 0 spiro atoms. The van der Waals surface area contributed by atoms with Crippen molar-refractivity contribution in [1.29, 1.82) is 0 Å². The van der Waals surface area contributed by atoms with E-state index < -0.39 is 21.9 Å². The van der Waals surface area contributed by atoms with Crippen molar-refractivity contribution in [2.75, 3.05) is 7.11 Å². The van der Waals surface area contributed by atoms with Crippen LogP contribution in [0, 0.1) is 0 Å². The first-order valence-electron chi connectivity index (χ1n) is 7.79. The quantitative estimate of drug-likeness (QED) is 0.815. The molecule has 6 nitrogen and oxygen atoms in total. The van der Waals surface area contributed by atoms with Crippen LogP contribution in [0.4, 0.5) is 0 Å². The van der Waals surface area contributed by atoms with E-state index >= 15 is 0 Å². The van der Waals surface area contributed by atoms with E-state index in [1.54, 1.807) is 24.3 Å². The van der Waals surface area contributed by atoms with Crippen LogP contribution in [0.3, 0.4) is 0 Å². The fourth-order valence-corrected chi connectivity index (χ4v) is 4.11. The molecule has 0 saturated heterocycles. The van der Waals surface area contributed by atoms with Crippen molar-refractivity contribution in [3.8, 4) is 11.5 Å². The Balaban J connectivity index is 1.81. The highest BCUT2D eigenvalue weighted by molar-refractivity contribution is 7.92. The smallest absolute Gasteiger partial charge is 0.349 e. The summed E-state index contributed by atoms with van der Waals surface area (Å²) >= 11 is 0. The van der Waals surface area contributed by atoms with Crippen molar-refractivity contribution >= 4 is 15.8 Å². The second-order valence-electron chi connectivity index (χ2n) is 5.83. The second kappa shape index (κ2) is 6.76. The number of hydrogen-bond donors (Lipinski definition) is 1. The molecule has 2 aromatic rings. The maximum atomic E-state index is 12.2. The van der Waals surface area contributed by atoms with E-state index in [0.717, 1.165) is 0 Å². The number of carbonyl (C=O) groups is 1. The number of sulfone groups is 1. The van der Waals surface area contributed by atoms with Gasteiger partial charge in [0.15, 0.2) is 9.84 Å². The van der Waals surface area contributed by atoms with Gasteiger partial charge in [0.25, 0.3) is 0 Å². The first-order valence-corrected chi connectivity index (χ1v) is 9.34. The van der Waals surface area contributed by atoms with Gasteiger partial charge < -0.3 is 14.6 Å². The summed E-state index contributed by atoms with van der Waals surface area (Å²) < 4.78 is 35.0. The number of ether oxygens (including phenoxy) is 2. The summed E-state index contributed by atoms with van der Waals surface area (Å²) in [4.78, 5) is 11.8. The normalized spacial score (nSPS) is 15.4. The summed E-state index contributed by atoms with van der Waals surface area (Å²) in [5.74, 6) is -0.148. The lowest BCUT2D eigenvalue weighted by molar-refractivity contribution is -0.145. The molecule has 0 bridgehead atoms. The van der Waals surface area contributed by atoms with E-state index in [2.05, 4.69) is 0 Å². The predicted octanol–water partition coefficient (Wildman–Crippen LogP) is 2.84. The molecule has 3 rings (SSSR count). The number of benzene rings is 2. The van der Waals surface area contributed by atoms with Crippen molar-refractivity contribution < 1.29 is 27.8 Å². The topological polar surface area (TPSA) is 89.9 Å². The van der Waals surface area contributed by atoms with Crippen LogP contribution < -0.4 is 9.47 Å². The molecular weight excluding hydrogens is 344 g/mol. The standard InChI is InChI=1S/C18H18O6S/c1-23-13-4-6-14(7-5-13)24-17(18(19)20)12-2-8-15(9-3-12)25(21,22)16-10-11-16/h2-9,16-17H,10-11H2,1H3,(H,19,20). The van der Waals surface area contributed by atoms with E-state index in [9.17, 15) is 18.3 Å². The molecule has 1 unspecified atom stereocenters. The molecular formula is C18H18O6S. The lowest BCUT2D eigenvalue weighted by Crippen LogP contribution is -2.18. The molecule has 1 saturated carbocycles. The Morgan fingerprint density at radius 2 is 1.60 bits per heavy atom. The van der Waals surface area contributed by atoms with Gasteiger partial charge in [0.2, 0.25) is 6.10 Å². The van der Waals surface area contributed by atoms with Gasteiger partial charge in [-0.25, -0.2) is 13.2 Å². The van der Waals surface area contributed by atoms with Crippen molar-refractivity contribution in [2.24, 2.45) is 0 Å². The Morgan fingerprint density at radius 1 is 1.04 bits per heavy atom. The van der Waals surface area contributed by atoms with Gasteiger partial charge in [0.1, 0.15) is 11.5 Å². The fraction of sp³-hybridized carbons (Fsp3) is 0.278. The summed E-state index contributed by atoms with van der Waals surface area (Å²) in [6.07, 6.45) is 0.135. The molecule has 0 radical (unpaired) electrons. The zero-order valence-corrected chi connectivity index (χ0v) is 14.4. The molecule has 7 heteroatoms. The summed E-state index contributed by atoms with van der Waals surface area (Å²) in [5, 5.41) is 9.15. The Hall–Kier alpha value is -2.54. The highest BCUT2D eigenvalue weighted by Gasteiger charge is 2.37. The van der Waals surface area contributed by atoms with Crippen LogP contribution in [0.25, 0.3) is 0 Å². The highest BCUT2D eigenvalue weighted by Crippen LogP contribution is 2.34. The molecule has 1 fully saturated rings. The van der Waals surface area contributed by atoms with Gasteiger partial charge in [0, 0.05) is 5.56 Å². The van der Waals surface area contributed by atoms with Gasteiger partial charge >= 0.3 is 5.97 Å². The fourth-order valence-electron chi connectivity index (χ4n) is 2.45. The van der Waals surface area contributed by atoms with Crippen molar-refractivity contribution in [1.82, 2.24) is 0 Å². The van der Waals surface area contributed by atoms with Crippen LogP contribution in [-0.2, 0) is 14.6 Å². The van der Waals surface area contributed by atoms with E-state index in [4.69, 9.17) is 9.47 Å². The summed E-state index contributed by atoms with van der Waals surface area (Å²) in [6.45, 7) is 0. The lowest BCUT2D eigenvalue weighted by atomic mass is 10.1. The molecule has 25 heavy (non-hydrogen) atoms. The first-order chi connectivity index (χ1) is 11.9. The van der Waals surface area contributed by atoms with Gasteiger partial charge in [-0.05, 0) is 49.2 Å². The monoisotopic (exact) mass is 362 g/mol. The third kappa shape index (κ3) is 3.76. The lowest BCUT2D eigenvalue weighted by Gasteiger charge is -2.16. The molecule has 1 atom stereocenters. The average molecular weight is 362 g/mol. The Labute approximate surface area is 145 Å². The number of hydrogen-bond acceptors (Lipinski definition) is 5. The van der Waals surface area contributed by atoms with Gasteiger partial charge in [0.05, 0.1) is 17.3 Å². The summed E-state index contributed by atoms with van der Waals surface area (Å²) in [6, 6.07) is 12.4. The summed E-state index contributed by atoms with van der Waals surface area (Å²) in [7, 11) is -1.76. The predicted molar refractivity (Wildman–Crippen MR) is 90.6 cm³/mol. The largest absolute Gasteiger partial charge is 0.497 e. The molecule has 0 aromatic heterocycles. The van der Waals surface area contributed by atoms with E-state index in [1.165, 1.54) is 31.4 Å². The van der Waals surface area contributed by atoms with Crippen LogP contribution >= 0.6 is 0 Å². The molecule has 1 N–H and O–H groups in total. The van der Waals surface area contributed by atoms with Crippen molar-refractivity contribution in [3.63, 3.8) is 0 Å². The van der Waals surface area contributed by atoms with E-state index in [0.29, 0.717) is 29.9 Å². The van der Waals surface area contributed by atoms with Crippen LogP contribution in [-0.4, -0.2) is 31.9 Å². The molecule has 132 valence electrons. The maximum Gasteiger partial charge on any atom is 0.349 e. The Bertz CT molecular complexity index is 851. The van der Waals surface area contributed by atoms with Crippen molar-refractivity contribution in [3.05, 3.63) is 54.1 Å². The molecule has 0 amide bonds. The van der Waals surface area contributed by atoms with Crippen LogP contribution in [0.15, 0.2) is 53.4 Å². The Kier molecular flexibility index (Phi) is 4.67. The highest BCUT2D eigenvalue weighted by atomic mass is 32.2. The third-order valence-corrected chi connectivity index (χ3v) is 6.29. The third-order valence-electron chi connectivity index (χ3n) is 4.01. The van der Waals surface area contributed by atoms with E-state index in [1.807, 2.05) is 0 Å². The van der Waals surface area contributed by atoms with Gasteiger partial charge in [-0.2, -0.15) is 0 Å². The van der Waals surface area contributed by atoms with Crippen LogP contribution in [0.1, 0.15) is 24.5 Å². The number of carboxylic acid groups (broad SMARTS) is 1. The van der Waals surface area contributed by atoms with Crippen LogP contribution in [0.2, 0.25) is 0 Å². The minimum Gasteiger partial charge on any atom is -0.497 e. The number of aliphatic carboxylic acids is 1. The first kappa shape index (κ1) is 17.3. The molecule has 2 aromatic carbocycles. The van der Waals surface area contributed by atoms with Crippen molar-refractivity contribution in [2.45, 2.75) is 29.1 Å². The minimum atomic E-state index is -3.30.